The van der Waals surface area contributed by atoms with Crippen LogP contribution < -0.4 is 0 Å². The SMILES string of the molecule is CC1(C)C2CCC1(C)C1(C2)OCCCO1. The van der Waals surface area contributed by atoms with Gasteiger partial charge in [-0.1, -0.05) is 20.8 Å². The number of rotatable bonds is 0. The van der Waals surface area contributed by atoms with E-state index in [1.54, 1.807) is 0 Å². The largest absolute Gasteiger partial charge is 0.349 e. The molecule has 2 aliphatic carbocycles. The lowest BCUT2D eigenvalue weighted by atomic mass is 9.68. The summed E-state index contributed by atoms with van der Waals surface area (Å²) in [6, 6.07) is 0. The Morgan fingerprint density at radius 3 is 2.20 bits per heavy atom. The zero-order chi connectivity index (χ0) is 10.7. The molecule has 2 nitrogen and oxygen atoms in total. The fourth-order valence-corrected chi connectivity index (χ4v) is 4.20. The molecule has 1 spiro atoms. The van der Waals surface area contributed by atoms with Crippen molar-refractivity contribution in [2.75, 3.05) is 13.2 Å². The van der Waals surface area contributed by atoms with Crippen molar-refractivity contribution >= 4 is 0 Å². The van der Waals surface area contributed by atoms with Crippen molar-refractivity contribution in [3.05, 3.63) is 0 Å². The van der Waals surface area contributed by atoms with Gasteiger partial charge in [0.25, 0.3) is 0 Å². The Bertz CT molecular complexity index is 278. The standard InChI is InChI=1S/C13H22O2/c1-11(2)10-5-6-12(11,3)13(9-10)14-7-4-8-15-13/h10H,4-9H2,1-3H3. The van der Waals surface area contributed by atoms with Gasteiger partial charge in [0.15, 0.2) is 5.79 Å². The van der Waals surface area contributed by atoms with Crippen molar-refractivity contribution in [1.82, 2.24) is 0 Å². The molecule has 15 heavy (non-hydrogen) atoms. The minimum Gasteiger partial charge on any atom is -0.349 e. The van der Waals surface area contributed by atoms with Crippen LogP contribution in [-0.4, -0.2) is 19.0 Å². The van der Waals surface area contributed by atoms with Crippen molar-refractivity contribution in [3.63, 3.8) is 0 Å². The second-order valence-corrected chi connectivity index (χ2v) is 6.30. The molecule has 2 heteroatoms. The van der Waals surface area contributed by atoms with E-state index in [-0.39, 0.29) is 11.2 Å². The first-order valence-corrected chi connectivity index (χ1v) is 6.30. The van der Waals surface area contributed by atoms with E-state index in [0.29, 0.717) is 5.41 Å². The first-order valence-electron chi connectivity index (χ1n) is 6.30. The fraction of sp³-hybridized carbons (Fsp3) is 1.00. The van der Waals surface area contributed by atoms with Crippen LogP contribution in [-0.2, 0) is 9.47 Å². The summed E-state index contributed by atoms with van der Waals surface area (Å²) in [5.41, 5.74) is 0.607. The normalized spacial score (nSPS) is 46.2. The van der Waals surface area contributed by atoms with Gasteiger partial charge < -0.3 is 9.47 Å². The third-order valence-electron chi connectivity index (χ3n) is 5.75. The quantitative estimate of drug-likeness (QED) is 0.612. The highest BCUT2D eigenvalue weighted by Gasteiger charge is 2.70. The van der Waals surface area contributed by atoms with E-state index in [9.17, 15) is 0 Å². The Morgan fingerprint density at radius 2 is 1.73 bits per heavy atom. The lowest BCUT2D eigenvalue weighted by Crippen LogP contribution is -2.53. The van der Waals surface area contributed by atoms with E-state index in [1.165, 1.54) is 12.8 Å². The molecule has 0 aromatic carbocycles. The molecule has 86 valence electrons. The summed E-state index contributed by atoms with van der Waals surface area (Å²) < 4.78 is 12.2. The molecule has 2 unspecified atom stereocenters. The highest BCUT2D eigenvalue weighted by Crippen LogP contribution is 2.71. The summed E-state index contributed by atoms with van der Waals surface area (Å²) in [6.45, 7) is 8.96. The van der Waals surface area contributed by atoms with Gasteiger partial charge in [-0.3, -0.25) is 0 Å². The molecule has 3 fully saturated rings. The number of hydrogen-bond donors (Lipinski definition) is 0. The van der Waals surface area contributed by atoms with Crippen molar-refractivity contribution in [2.45, 2.75) is 52.2 Å². The Kier molecular flexibility index (Phi) is 1.87. The molecule has 2 atom stereocenters. The van der Waals surface area contributed by atoms with E-state index >= 15 is 0 Å². The van der Waals surface area contributed by atoms with Crippen LogP contribution in [0.5, 0.6) is 0 Å². The van der Waals surface area contributed by atoms with Gasteiger partial charge in [0, 0.05) is 11.8 Å². The van der Waals surface area contributed by atoms with Crippen LogP contribution in [0.1, 0.15) is 46.5 Å². The smallest absolute Gasteiger partial charge is 0.174 e. The van der Waals surface area contributed by atoms with Crippen LogP contribution in [0.4, 0.5) is 0 Å². The van der Waals surface area contributed by atoms with Crippen LogP contribution in [0, 0.1) is 16.7 Å². The lowest BCUT2D eigenvalue weighted by Gasteiger charge is -2.49. The Balaban J connectivity index is 2.00. The van der Waals surface area contributed by atoms with Crippen LogP contribution in [0.2, 0.25) is 0 Å². The molecule has 1 saturated heterocycles. The van der Waals surface area contributed by atoms with Crippen LogP contribution in [0.3, 0.4) is 0 Å². The Morgan fingerprint density at radius 1 is 1.07 bits per heavy atom. The third-order valence-corrected chi connectivity index (χ3v) is 5.75. The summed E-state index contributed by atoms with van der Waals surface area (Å²) >= 11 is 0. The van der Waals surface area contributed by atoms with Crippen LogP contribution in [0.15, 0.2) is 0 Å². The number of ether oxygens (including phenoxy) is 2. The van der Waals surface area contributed by atoms with Crippen LogP contribution >= 0.6 is 0 Å². The third kappa shape index (κ3) is 0.980. The van der Waals surface area contributed by atoms with Crippen LogP contribution in [0.25, 0.3) is 0 Å². The topological polar surface area (TPSA) is 18.5 Å². The number of fused-ring (bicyclic) bond motifs is 3. The average molecular weight is 210 g/mol. The van der Waals surface area contributed by atoms with Gasteiger partial charge in [-0.05, 0) is 30.6 Å². The molecule has 1 heterocycles. The summed E-state index contributed by atoms with van der Waals surface area (Å²) in [5, 5.41) is 0. The van der Waals surface area contributed by atoms with E-state index < -0.39 is 0 Å². The molecule has 0 aromatic rings. The van der Waals surface area contributed by atoms with Gasteiger partial charge in [-0.2, -0.15) is 0 Å². The minimum atomic E-state index is -0.238. The molecular weight excluding hydrogens is 188 g/mol. The highest BCUT2D eigenvalue weighted by molar-refractivity contribution is 5.15. The Hall–Kier alpha value is -0.0800. The molecule has 1 aliphatic heterocycles. The van der Waals surface area contributed by atoms with Gasteiger partial charge in [0.2, 0.25) is 0 Å². The zero-order valence-corrected chi connectivity index (χ0v) is 10.1. The molecular formula is C13H22O2. The minimum absolute atomic E-state index is 0.227. The average Bonchev–Trinajstić information content (AvgIpc) is 2.51. The summed E-state index contributed by atoms with van der Waals surface area (Å²) in [6.07, 6.45) is 4.81. The van der Waals surface area contributed by atoms with E-state index in [1.807, 2.05) is 0 Å². The van der Waals surface area contributed by atoms with E-state index in [0.717, 1.165) is 32.0 Å². The highest BCUT2D eigenvalue weighted by atomic mass is 16.7. The van der Waals surface area contributed by atoms with Gasteiger partial charge in [-0.15, -0.1) is 0 Å². The monoisotopic (exact) mass is 210 g/mol. The van der Waals surface area contributed by atoms with Crippen molar-refractivity contribution in [2.24, 2.45) is 16.7 Å². The van der Waals surface area contributed by atoms with Crippen molar-refractivity contribution in [3.8, 4) is 0 Å². The summed E-state index contributed by atoms with van der Waals surface area (Å²) in [5.74, 6) is 0.554. The summed E-state index contributed by atoms with van der Waals surface area (Å²) in [7, 11) is 0. The second kappa shape index (κ2) is 2.78. The van der Waals surface area contributed by atoms with Crippen molar-refractivity contribution in [1.29, 1.82) is 0 Å². The first-order chi connectivity index (χ1) is 7.02. The maximum absolute atomic E-state index is 6.08. The lowest BCUT2D eigenvalue weighted by molar-refractivity contribution is -0.322. The van der Waals surface area contributed by atoms with E-state index in [2.05, 4.69) is 20.8 Å². The fourth-order valence-electron chi connectivity index (χ4n) is 4.20. The molecule has 0 aromatic heterocycles. The Labute approximate surface area is 92.3 Å². The molecule has 0 N–H and O–H groups in total. The first kappa shape index (κ1) is 10.1. The zero-order valence-electron chi connectivity index (χ0n) is 10.1. The van der Waals surface area contributed by atoms with Gasteiger partial charge >= 0.3 is 0 Å². The molecule has 3 rings (SSSR count). The molecule has 2 saturated carbocycles. The van der Waals surface area contributed by atoms with Gasteiger partial charge in [0.1, 0.15) is 0 Å². The molecule has 2 bridgehead atoms. The summed E-state index contributed by atoms with van der Waals surface area (Å²) in [4.78, 5) is 0. The molecule has 0 amide bonds. The molecule has 0 radical (unpaired) electrons. The predicted octanol–water partition coefficient (Wildman–Crippen LogP) is 2.97. The maximum Gasteiger partial charge on any atom is 0.174 e. The number of hydrogen-bond acceptors (Lipinski definition) is 2. The van der Waals surface area contributed by atoms with E-state index in [4.69, 9.17) is 9.47 Å². The second-order valence-electron chi connectivity index (χ2n) is 6.30. The maximum atomic E-state index is 6.08. The van der Waals surface area contributed by atoms with Gasteiger partial charge in [0.05, 0.1) is 13.2 Å². The van der Waals surface area contributed by atoms with Gasteiger partial charge in [-0.25, -0.2) is 0 Å². The van der Waals surface area contributed by atoms with Crippen molar-refractivity contribution < 1.29 is 9.47 Å². The predicted molar refractivity (Wildman–Crippen MR) is 58.5 cm³/mol. The molecule has 3 aliphatic rings.